The predicted molar refractivity (Wildman–Crippen MR) is 61.3 cm³/mol. The molecule has 0 spiro atoms. The van der Waals surface area contributed by atoms with Gasteiger partial charge in [-0.1, -0.05) is 0 Å². The van der Waals surface area contributed by atoms with Gasteiger partial charge in [0.05, 0.1) is 17.9 Å². The van der Waals surface area contributed by atoms with E-state index in [4.69, 9.17) is 5.84 Å². The van der Waals surface area contributed by atoms with E-state index in [0.717, 1.165) is 16.8 Å². The number of nitrogens with one attached hydrogen (secondary N) is 1. The quantitative estimate of drug-likeness (QED) is 0.586. The first-order valence-corrected chi connectivity index (χ1v) is 5.08. The highest BCUT2D eigenvalue weighted by atomic mass is 15.3. The zero-order chi connectivity index (χ0) is 11.5. The van der Waals surface area contributed by atoms with Gasteiger partial charge in [-0.25, -0.2) is 5.43 Å². The van der Waals surface area contributed by atoms with Crippen LogP contribution in [0.2, 0.25) is 0 Å². The highest BCUT2D eigenvalue weighted by Crippen LogP contribution is 2.19. The molecule has 5 heteroatoms. The Morgan fingerprint density at radius 3 is 2.88 bits per heavy atom. The van der Waals surface area contributed by atoms with E-state index in [9.17, 15) is 0 Å². The molecule has 0 bridgehead atoms. The van der Waals surface area contributed by atoms with Gasteiger partial charge in [0.2, 0.25) is 0 Å². The van der Waals surface area contributed by atoms with Crippen molar-refractivity contribution in [2.24, 2.45) is 12.9 Å². The molecule has 0 amide bonds. The Morgan fingerprint density at radius 1 is 1.50 bits per heavy atom. The molecule has 2 heterocycles. The van der Waals surface area contributed by atoms with Crippen LogP contribution in [0.4, 0.5) is 0 Å². The molecule has 0 aromatic carbocycles. The van der Waals surface area contributed by atoms with Crippen molar-refractivity contribution in [3.05, 3.63) is 47.5 Å². The number of nitrogens with two attached hydrogens (primary N) is 1. The van der Waals surface area contributed by atoms with Crippen LogP contribution in [0.25, 0.3) is 0 Å². The smallest absolute Gasteiger partial charge is 0.0911 e. The summed E-state index contributed by atoms with van der Waals surface area (Å²) in [5.41, 5.74) is 5.82. The van der Waals surface area contributed by atoms with E-state index in [1.165, 1.54) is 0 Å². The van der Waals surface area contributed by atoms with Crippen molar-refractivity contribution in [1.82, 2.24) is 20.2 Å². The Balaban J connectivity index is 2.36. The molecule has 84 valence electrons. The van der Waals surface area contributed by atoms with Gasteiger partial charge in [-0.05, 0) is 24.6 Å². The highest BCUT2D eigenvalue weighted by Gasteiger charge is 2.15. The lowest BCUT2D eigenvalue weighted by Gasteiger charge is -2.13. The number of hydrogen-bond acceptors (Lipinski definition) is 4. The lowest BCUT2D eigenvalue weighted by atomic mass is 10.1. The van der Waals surface area contributed by atoms with Gasteiger partial charge in [0.15, 0.2) is 0 Å². The minimum absolute atomic E-state index is 0.117. The van der Waals surface area contributed by atoms with Crippen molar-refractivity contribution in [2.45, 2.75) is 13.0 Å². The fourth-order valence-corrected chi connectivity index (χ4v) is 1.66. The maximum Gasteiger partial charge on any atom is 0.0911 e. The van der Waals surface area contributed by atoms with Gasteiger partial charge < -0.3 is 0 Å². The van der Waals surface area contributed by atoms with Crippen LogP contribution in [-0.4, -0.2) is 14.8 Å². The van der Waals surface area contributed by atoms with E-state index in [-0.39, 0.29) is 6.04 Å². The summed E-state index contributed by atoms with van der Waals surface area (Å²) in [6, 6.07) is 3.85. The Labute approximate surface area is 94.3 Å². The van der Waals surface area contributed by atoms with Gasteiger partial charge in [0.1, 0.15) is 0 Å². The summed E-state index contributed by atoms with van der Waals surface area (Å²) in [6.45, 7) is 2.03. The van der Waals surface area contributed by atoms with Gasteiger partial charge in [0, 0.05) is 25.0 Å². The van der Waals surface area contributed by atoms with Gasteiger partial charge in [0.25, 0.3) is 0 Å². The van der Waals surface area contributed by atoms with E-state index < -0.39 is 0 Å². The minimum Gasteiger partial charge on any atom is -0.275 e. The standard InChI is InChI=1S/C11H15N5/c1-8-3-4-13-10(5-8)11(15-12)9-6-14-16(2)7-9/h3-7,11,15H,12H2,1-2H3. The second kappa shape index (κ2) is 4.42. The molecule has 3 N–H and O–H groups in total. The number of rotatable bonds is 3. The van der Waals surface area contributed by atoms with Crippen LogP contribution in [0.3, 0.4) is 0 Å². The molecule has 1 unspecified atom stereocenters. The summed E-state index contributed by atoms with van der Waals surface area (Å²) in [7, 11) is 1.88. The number of hydrogen-bond donors (Lipinski definition) is 2. The topological polar surface area (TPSA) is 68.8 Å². The van der Waals surface area contributed by atoms with Crippen LogP contribution in [0.5, 0.6) is 0 Å². The van der Waals surface area contributed by atoms with Gasteiger partial charge in [-0.2, -0.15) is 5.10 Å². The van der Waals surface area contributed by atoms with Crippen molar-refractivity contribution < 1.29 is 0 Å². The molecule has 1 atom stereocenters. The van der Waals surface area contributed by atoms with Gasteiger partial charge in [-0.15, -0.1) is 0 Å². The third-order valence-corrected chi connectivity index (χ3v) is 2.46. The molecule has 2 aromatic rings. The maximum absolute atomic E-state index is 5.57. The lowest BCUT2D eigenvalue weighted by molar-refractivity contribution is 0.619. The van der Waals surface area contributed by atoms with Crippen LogP contribution >= 0.6 is 0 Å². The largest absolute Gasteiger partial charge is 0.275 e. The van der Waals surface area contributed by atoms with Crippen molar-refractivity contribution in [3.63, 3.8) is 0 Å². The first-order valence-electron chi connectivity index (χ1n) is 5.08. The molecule has 2 rings (SSSR count). The molecule has 16 heavy (non-hydrogen) atoms. The van der Waals surface area contributed by atoms with E-state index in [1.807, 2.05) is 32.3 Å². The fraction of sp³-hybridized carbons (Fsp3) is 0.273. The fourth-order valence-electron chi connectivity index (χ4n) is 1.66. The first kappa shape index (κ1) is 10.8. The highest BCUT2D eigenvalue weighted by molar-refractivity contribution is 5.26. The SMILES string of the molecule is Cc1ccnc(C(NN)c2cnn(C)c2)c1. The van der Waals surface area contributed by atoms with Gasteiger partial charge in [-0.3, -0.25) is 15.5 Å². The number of aromatic nitrogens is 3. The van der Waals surface area contributed by atoms with E-state index in [2.05, 4.69) is 15.5 Å². The average molecular weight is 217 g/mol. The Hall–Kier alpha value is -1.72. The lowest BCUT2D eigenvalue weighted by Crippen LogP contribution is -2.29. The number of aryl methyl sites for hydroxylation is 2. The first-order chi connectivity index (χ1) is 7.70. The third kappa shape index (κ3) is 2.10. The number of nitrogens with zero attached hydrogens (tertiary/aromatic N) is 3. The summed E-state index contributed by atoms with van der Waals surface area (Å²) in [5.74, 6) is 5.57. The zero-order valence-electron chi connectivity index (χ0n) is 9.38. The van der Waals surface area contributed by atoms with Crippen molar-refractivity contribution in [2.75, 3.05) is 0 Å². The average Bonchev–Trinajstić information content (AvgIpc) is 2.66. The van der Waals surface area contributed by atoms with Crippen LogP contribution in [0.1, 0.15) is 22.9 Å². The summed E-state index contributed by atoms with van der Waals surface area (Å²) in [6.07, 6.45) is 5.49. The summed E-state index contributed by atoms with van der Waals surface area (Å²) >= 11 is 0. The molecule has 0 saturated carbocycles. The molecule has 0 saturated heterocycles. The molecule has 0 aliphatic heterocycles. The normalized spacial score (nSPS) is 12.7. The van der Waals surface area contributed by atoms with E-state index in [0.29, 0.717) is 0 Å². The predicted octanol–water partition coefficient (Wildman–Crippen LogP) is 0.676. The van der Waals surface area contributed by atoms with Crippen LogP contribution < -0.4 is 11.3 Å². The second-order valence-electron chi connectivity index (χ2n) is 3.81. The van der Waals surface area contributed by atoms with Crippen molar-refractivity contribution >= 4 is 0 Å². The van der Waals surface area contributed by atoms with E-state index in [1.54, 1.807) is 17.1 Å². The molecule has 0 radical (unpaired) electrons. The van der Waals surface area contributed by atoms with Crippen LogP contribution in [0, 0.1) is 6.92 Å². The summed E-state index contributed by atoms with van der Waals surface area (Å²) in [4.78, 5) is 4.32. The number of hydrazine groups is 1. The monoisotopic (exact) mass is 217 g/mol. The molecule has 5 nitrogen and oxygen atoms in total. The van der Waals surface area contributed by atoms with Crippen molar-refractivity contribution in [1.29, 1.82) is 0 Å². The molecular weight excluding hydrogens is 202 g/mol. The molecule has 2 aromatic heterocycles. The Bertz CT molecular complexity index is 477. The number of pyridine rings is 1. The molecular formula is C11H15N5. The third-order valence-electron chi connectivity index (χ3n) is 2.46. The summed E-state index contributed by atoms with van der Waals surface area (Å²) in [5, 5.41) is 4.13. The molecule has 0 aliphatic carbocycles. The van der Waals surface area contributed by atoms with Gasteiger partial charge >= 0.3 is 0 Å². The van der Waals surface area contributed by atoms with E-state index >= 15 is 0 Å². The van der Waals surface area contributed by atoms with Crippen LogP contribution in [0.15, 0.2) is 30.7 Å². The Morgan fingerprint density at radius 2 is 2.31 bits per heavy atom. The van der Waals surface area contributed by atoms with Crippen molar-refractivity contribution in [3.8, 4) is 0 Å². The molecule has 0 fully saturated rings. The summed E-state index contributed by atoms with van der Waals surface area (Å²) < 4.78 is 1.75. The zero-order valence-corrected chi connectivity index (χ0v) is 9.38. The second-order valence-corrected chi connectivity index (χ2v) is 3.81. The Kier molecular flexibility index (Phi) is 2.98. The maximum atomic E-state index is 5.57. The minimum atomic E-state index is -0.117. The molecule has 0 aliphatic rings. The van der Waals surface area contributed by atoms with Crippen LogP contribution in [-0.2, 0) is 7.05 Å².